The first-order chi connectivity index (χ1) is 7.79. The molecule has 17 heavy (non-hydrogen) atoms. The number of hydrogen-bond acceptors (Lipinski definition) is 0. The first-order valence-electron chi connectivity index (χ1n) is 6.57. The normalized spacial score (nSPS) is 22.1. The molecule has 1 aromatic rings. The van der Waals surface area contributed by atoms with Gasteiger partial charge in [0.1, 0.15) is 0 Å². The Morgan fingerprint density at radius 2 is 1.65 bits per heavy atom. The molecule has 0 amide bonds. The van der Waals surface area contributed by atoms with Crippen LogP contribution >= 0.6 is 0 Å². The highest BCUT2D eigenvalue weighted by Crippen LogP contribution is 2.47. The quantitative estimate of drug-likeness (QED) is 0.618. The number of aryl methyl sites for hydroxylation is 1. The van der Waals surface area contributed by atoms with Crippen molar-refractivity contribution in [2.75, 3.05) is 0 Å². The third-order valence-corrected chi connectivity index (χ3v) is 3.66. The Morgan fingerprint density at radius 1 is 1.00 bits per heavy atom. The second kappa shape index (κ2) is 4.01. The van der Waals surface area contributed by atoms with Crippen molar-refractivity contribution in [1.82, 2.24) is 0 Å². The van der Waals surface area contributed by atoms with Gasteiger partial charge in [-0.05, 0) is 47.3 Å². The van der Waals surface area contributed by atoms with E-state index in [1.54, 1.807) is 0 Å². The maximum Gasteiger partial charge on any atom is -0.0164 e. The standard InChI is InChI=1S/C17H24/c1-13-8-6-7-9-15(13)14-10-16(2,3)12-17(4,5)11-14/h6-10H,11-12H2,1-5H3. The van der Waals surface area contributed by atoms with E-state index in [0.29, 0.717) is 10.8 Å². The molecule has 0 spiro atoms. The lowest BCUT2D eigenvalue weighted by molar-refractivity contribution is 0.229. The first kappa shape index (κ1) is 12.4. The Balaban J connectivity index is 2.46. The van der Waals surface area contributed by atoms with Crippen LogP contribution in [0.5, 0.6) is 0 Å². The van der Waals surface area contributed by atoms with Gasteiger partial charge in [0.05, 0.1) is 0 Å². The van der Waals surface area contributed by atoms with E-state index in [1.165, 1.54) is 29.5 Å². The Bertz CT molecular complexity index is 447. The zero-order valence-corrected chi connectivity index (χ0v) is 11.8. The van der Waals surface area contributed by atoms with E-state index in [2.05, 4.69) is 65.0 Å². The molecular formula is C17H24. The molecule has 2 rings (SSSR count). The maximum atomic E-state index is 2.49. The lowest BCUT2D eigenvalue weighted by Crippen LogP contribution is -2.26. The van der Waals surface area contributed by atoms with Gasteiger partial charge in [-0.25, -0.2) is 0 Å². The molecule has 0 fully saturated rings. The molecule has 92 valence electrons. The van der Waals surface area contributed by atoms with Crippen LogP contribution in [0.25, 0.3) is 5.57 Å². The average Bonchev–Trinajstić information content (AvgIpc) is 2.13. The van der Waals surface area contributed by atoms with Crippen LogP contribution in [0.3, 0.4) is 0 Å². The zero-order valence-electron chi connectivity index (χ0n) is 11.8. The second-order valence-corrected chi connectivity index (χ2v) is 6.99. The molecule has 0 saturated carbocycles. The van der Waals surface area contributed by atoms with E-state index >= 15 is 0 Å². The van der Waals surface area contributed by atoms with Gasteiger partial charge < -0.3 is 0 Å². The van der Waals surface area contributed by atoms with E-state index < -0.39 is 0 Å². The molecule has 0 heterocycles. The summed E-state index contributed by atoms with van der Waals surface area (Å²) in [6, 6.07) is 8.75. The maximum absolute atomic E-state index is 2.49. The fourth-order valence-electron chi connectivity index (χ4n) is 3.49. The smallest absolute Gasteiger partial charge is 0.0164 e. The number of benzene rings is 1. The molecule has 0 N–H and O–H groups in total. The summed E-state index contributed by atoms with van der Waals surface area (Å²) in [5.74, 6) is 0. The second-order valence-electron chi connectivity index (χ2n) is 6.99. The summed E-state index contributed by atoms with van der Waals surface area (Å²) in [5, 5.41) is 0. The molecule has 0 saturated heterocycles. The van der Waals surface area contributed by atoms with Crippen molar-refractivity contribution in [2.45, 2.75) is 47.5 Å². The number of rotatable bonds is 1. The van der Waals surface area contributed by atoms with Crippen molar-refractivity contribution in [1.29, 1.82) is 0 Å². The minimum atomic E-state index is 0.319. The van der Waals surface area contributed by atoms with E-state index in [9.17, 15) is 0 Å². The summed E-state index contributed by atoms with van der Waals surface area (Å²) in [7, 11) is 0. The fourth-order valence-corrected chi connectivity index (χ4v) is 3.49. The minimum Gasteiger partial charge on any atom is -0.0750 e. The Labute approximate surface area is 106 Å². The first-order valence-corrected chi connectivity index (χ1v) is 6.57. The summed E-state index contributed by atoms with van der Waals surface area (Å²) in [4.78, 5) is 0. The number of hydrogen-bond donors (Lipinski definition) is 0. The molecule has 0 heteroatoms. The van der Waals surface area contributed by atoms with Crippen molar-refractivity contribution < 1.29 is 0 Å². The zero-order chi connectivity index (χ0) is 12.7. The van der Waals surface area contributed by atoms with E-state index in [0.717, 1.165) is 0 Å². The molecule has 0 aromatic heterocycles. The van der Waals surface area contributed by atoms with Crippen LogP contribution in [0, 0.1) is 17.8 Å². The van der Waals surface area contributed by atoms with Gasteiger partial charge in [-0.1, -0.05) is 58.0 Å². The predicted molar refractivity (Wildman–Crippen MR) is 76.0 cm³/mol. The summed E-state index contributed by atoms with van der Waals surface area (Å²) in [6.45, 7) is 11.7. The van der Waals surface area contributed by atoms with Gasteiger partial charge in [0.15, 0.2) is 0 Å². The average molecular weight is 228 g/mol. The van der Waals surface area contributed by atoms with Crippen LogP contribution in [0.4, 0.5) is 0 Å². The van der Waals surface area contributed by atoms with Gasteiger partial charge in [-0.2, -0.15) is 0 Å². The van der Waals surface area contributed by atoms with E-state index in [-0.39, 0.29) is 0 Å². The van der Waals surface area contributed by atoms with Crippen LogP contribution in [0.1, 0.15) is 51.7 Å². The highest BCUT2D eigenvalue weighted by atomic mass is 14.4. The van der Waals surface area contributed by atoms with Crippen LogP contribution in [0.2, 0.25) is 0 Å². The van der Waals surface area contributed by atoms with Crippen molar-refractivity contribution in [3.8, 4) is 0 Å². The third kappa shape index (κ3) is 2.80. The van der Waals surface area contributed by atoms with Crippen molar-refractivity contribution >= 4 is 5.57 Å². The molecule has 1 aromatic carbocycles. The molecule has 0 aliphatic heterocycles. The van der Waals surface area contributed by atoms with Gasteiger partial charge in [0.2, 0.25) is 0 Å². The molecular weight excluding hydrogens is 204 g/mol. The highest BCUT2D eigenvalue weighted by molar-refractivity contribution is 5.70. The monoisotopic (exact) mass is 228 g/mol. The predicted octanol–water partition coefficient (Wildman–Crippen LogP) is 5.22. The lowest BCUT2D eigenvalue weighted by Gasteiger charge is -2.39. The Hall–Kier alpha value is -1.04. The van der Waals surface area contributed by atoms with Crippen LogP contribution in [-0.2, 0) is 0 Å². The van der Waals surface area contributed by atoms with Gasteiger partial charge in [-0.15, -0.1) is 0 Å². The summed E-state index contributed by atoms with van der Waals surface area (Å²) in [5.41, 5.74) is 5.10. The molecule has 0 nitrogen and oxygen atoms in total. The molecule has 0 bridgehead atoms. The molecule has 0 radical (unpaired) electrons. The SMILES string of the molecule is Cc1ccccc1C1=CC(C)(C)CC(C)(C)C1. The van der Waals surface area contributed by atoms with Gasteiger partial charge in [0, 0.05) is 0 Å². The largest absolute Gasteiger partial charge is 0.0750 e. The van der Waals surface area contributed by atoms with Crippen molar-refractivity contribution in [3.63, 3.8) is 0 Å². The Morgan fingerprint density at radius 3 is 2.24 bits per heavy atom. The minimum absolute atomic E-state index is 0.319. The van der Waals surface area contributed by atoms with Crippen LogP contribution in [-0.4, -0.2) is 0 Å². The van der Waals surface area contributed by atoms with Crippen molar-refractivity contribution in [2.24, 2.45) is 10.8 Å². The van der Waals surface area contributed by atoms with Crippen LogP contribution < -0.4 is 0 Å². The summed E-state index contributed by atoms with van der Waals surface area (Å²) >= 11 is 0. The van der Waals surface area contributed by atoms with Crippen molar-refractivity contribution in [3.05, 3.63) is 41.5 Å². The number of allylic oxidation sites excluding steroid dienone is 2. The topological polar surface area (TPSA) is 0 Å². The van der Waals surface area contributed by atoms with E-state index in [1.807, 2.05) is 0 Å². The van der Waals surface area contributed by atoms with E-state index in [4.69, 9.17) is 0 Å². The summed E-state index contributed by atoms with van der Waals surface area (Å²) < 4.78 is 0. The Kier molecular flexibility index (Phi) is 2.93. The molecule has 0 unspecified atom stereocenters. The highest BCUT2D eigenvalue weighted by Gasteiger charge is 2.33. The van der Waals surface area contributed by atoms with Gasteiger partial charge in [-0.3, -0.25) is 0 Å². The third-order valence-electron chi connectivity index (χ3n) is 3.66. The fraction of sp³-hybridized carbons (Fsp3) is 0.529. The summed E-state index contributed by atoms with van der Waals surface area (Å²) in [6.07, 6.45) is 4.96. The molecule has 0 atom stereocenters. The lowest BCUT2D eigenvalue weighted by atomic mass is 9.65. The van der Waals surface area contributed by atoms with Gasteiger partial charge in [0.25, 0.3) is 0 Å². The molecule has 1 aliphatic rings. The molecule has 1 aliphatic carbocycles. The van der Waals surface area contributed by atoms with Crippen LogP contribution in [0.15, 0.2) is 30.3 Å². The van der Waals surface area contributed by atoms with Gasteiger partial charge >= 0.3 is 0 Å².